The average molecular weight is 507 g/mol. The molecule has 0 aliphatic carbocycles. The van der Waals surface area contributed by atoms with Gasteiger partial charge in [0.05, 0.1) is 25.3 Å². The number of likely N-dealkylation sites (N-methyl/N-ethyl adjacent to an activating group) is 1. The van der Waals surface area contributed by atoms with E-state index in [1.165, 1.54) is 12.0 Å². The number of amides is 1. The number of aliphatic hydroxyl groups excluding tert-OH is 1. The van der Waals surface area contributed by atoms with Crippen molar-refractivity contribution in [3.63, 3.8) is 0 Å². The molecular weight excluding hydrogens is 472 g/mol. The van der Waals surface area contributed by atoms with Crippen LogP contribution in [0.25, 0.3) is 11.0 Å². The average Bonchev–Trinajstić information content (AvgIpc) is 3.41. The number of carbonyl (C=O) groups excluding carboxylic acids is 2. The van der Waals surface area contributed by atoms with Crippen molar-refractivity contribution < 1.29 is 28.6 Å². The number of ether oxygens (including phenoxy) is 2. The van der Waals surface area contributed by atoms with Gasteiger partial charge in [0.1, 0.15) is 5.75 Å². The van der Waals surface area contributed by atoms with Gasteiger partial charge in [-0.25, -0.2) is 0 Å². The highest BCUT2D eigenvalue weighted by molar-refractivity contribution is 6.16. The first kappa shape index (κ1) is 26.3. The van der Waals surface area contributed by atoms with Gasteiger partial charge in [0, 0.05) is 18.5 Å². The smallest absolute Gasteiger partial charge is 0.290 e. The molecule has 1 atom stereocenters. The summed E-state index contributed by atoms with van der Waals surface area (Å²) in [7, 11) is 5.33. The van der Waals surface area contributed by atoms with Gasteiger partial charge in [-0.15, -0.1) is 0 Å². The Morgan fingerprint density at radius 2 is 1.92 bits per heavy atom. The van der Waals surface area contributed by atoms with E-state index in [0.717, 1.165) is 6.42 Å². The van der Waals surface area contributed by atoms with Crippen molar-refractivity contribution >= 4 is 22.7 Å². The number of methoxy groups -OCH3 is 1. The molecule has 1 aliphatic heterocycles. The summed E-state index contributed by atoms with van der Waals surface area (Å²) in [4.78, 5) is 30.5. The Kier molecular flexibility index (Phi) is 7.88. The molecule has 0 saturated carbocycles. The molecule has 0 fully saturated rings. The Labute approximate surface area is 217 Å². The molecule has 1 N–H and O–H groups in total. The van der Waals surface area contributed by atoms with Gasteiger partial charge in [0.15, 0.2) is 22.9 Å². The highest BCUT2D eigenvalue weighted by atomic mass is 16.5. The molecule has 0 bridgehead atoms. The fourth-order valence-corrected chi connectivity index (χ4v) is 4.40. The first-order chi connectivity index (χ1) is 17.7. The number of hydrogen-bond acceptors (Lipinski definition) is 7. The molecule has 1 unspecified atom stereocenters. The predicted molar refractivity (Wildman–Crippen MR) is 141 cm³/mol. The van der Waals surface area contributed by atoms with E-state index in [1.54, 1.807) is 18.2 Å². The second kappa shape index (κ2) is 11.1. The van der Waals surface area contributed by atoms with Gasteiger partial charge >= 0.3 is 0 Å². The maximum absolute atomic E-state index is 13.8. The molecule has 8 heteroatoms. The number of furan rings is 1. The molecule has 2 aromatic carbocycles. The Morgan fingerprint density at radius 3 is 2.62 bits per heavy atom. The molecule has 3 aromatic rings. The Balaban J connectivity index is 1.74. The topological polar surface area (TPSA) is 92.5 Å². The first-order valence-corrected chi connectivity index (χ1v) is 12.4. The third-order valence-electron chi connectivity index (χ3n) is 6.43. The zero-order valence-corrected chi connectivity index (χ0v) is 22.0. The van der Waals surface area contributed by atoms with Crippen LogP contribution in [0, 0.1) is 5.92 Å². The minimum atomic E-state index is -0.788. The summed E-state index contributed by atoms with van der Waals surface area (Å²) >= 11 is 0. The van der Waals surface area contributed by atoms with E-state index < -0.39 is 23.5 Å². The van der Waals surface area contributed by atoms with E-state index in [0.29, 0.717) is 53.6 Å². The maximum atomic E-state index is 13.8. The van der Waals surface area contributed by atoms with Crippen molar-refractivity contribution in [2.45, 2.75) is 26.3 Å². The summed E-state index contributed by atoms with van der Waals surface area (Å²) in [6.07, 6.45) is 0.904. The first-order valence-electron chi connectivity index (χ1n) is 12.4. The summed E-state index contributed by atoms with van der Waals surface area (Å²) in [5.74, 6) is -0.0336. The molecule has 0 saturated heterocycles. The van der Waals surface area contributed by atoms with Crippen molar-refractivity contribution in [3.05, 3.63) is 71.2 Å². The van der Waals surface area contributed by atoms with Gasteiger partial charge < -0.3 is 28.8 Å². The number of carbonyl (C=O) groups is 2. The number of rotatable bonds is 11. The van der Waals surface area contributed by atoms with Crippen molar-refractivity contribution in [2.75, 3.05) is 40.9 Å². The molecular formula is C29H34N2O6. The molecule has 8 nitrogen and oxygen atoms in total. The molecule has 1 aromatic heterocycles. The SMILES string of the molecule is COc1cccc2cc(C(=O)C3=C(O)C(=O)N(CCN(C)C)C3c3cccc(OCCC(C)C)c3)oc12. The third-order valence-corrected chi connectivity index (χ3v) is 6.43. The lowest BCUT2D eigenvalue weighted by Gasteiger charge is -2.28. The van der Waals surface area contributed by atoms with Crippen LogP contribution in [0.4, 0.5) is 0 Å². The third kappa shape index (κ3) is 5.49. The van der Waals surface area contributed by atoms with Crippen molar-refractivity contribution in [2.24, 2.45) is 5.92 Å². The zero-order chi connectivity index (χ0) is 26.7. The van der Waals surface area contributed by atoms with Crippen LogP contribution in [0.5, 0.6) is 11.5 Å². The van der Waals surface area contributed by atoms with Gasteiger partial charge in [-0.1, -0.05) is 38.1 Å². The minimum Gasteiger partial charge on any atom is -0.503 e. The highest BCUT2D eigenvalue weighted by Crippen LogP contribution is 2.41. The van der Waals surface area contributed by atoms with E-state index in [2.05, 4.69) is 13.8 Å². The number of hydrogen-bond donors (Lipinski definition) is 1. The molecule has 196 valence electrons. The lowest BCUT2D eigenvalue weighted by atomic mass is 9.95. The number of fused-ring (bicyclic) bond motifs is 1. The Bertz CT molecular complexity index is 1320. The number of aliphatic hydroxyl groups is 1. The monoisotopic (exact) mass is 506 g/mol. The number of para-hydroxylation sites is 1. The van der Waals surface area contributed by atoms with Crippen molar-refractivity contribution in [1.82, 2.24) is 9.80 Å². The van der Waals surface area contributed by atoms with Crippen molar-refractivity contribution in [3.8, 4) is 11.5 Å². The highest BCUT2D eigenvalue weighted by Gasteiger charge is 2.44. The zero-order valence-electron chi connectivity index (χ0n) is 22.0. The van der Waals surface area contributed by atoms with E-state index in [-0.39, 0.29) is 11.3 Å². The molecule has 0 spiro atoms. The molecule has 1 aliphatic rings. The van der Waals surface area contributed by atoms with Gasteiger partial charge in [0.25, 0.3) is 5.91 Å². The number of nitrogens with zero attached hydrogens (tertiary/aromatic N) is 2. The van der Waals surface area contributed by atoms with E-state index in [1.807, 2.05) is 49.3 Å². The quantitative estimate of drug-likeness (QED) is 0.366. The van der Waals surface area contributed by atoms with Crippen LogP contribution in [0.2, 0.25) is 0 Å². The summed E-state index contributed by atoms with van der Waals surface area (Å²) < 4.78 is 17.2. The van der Waals surface area contributed by atoms with Gasteiger partial charge in [0.2, 0.25) is 5.78 Å². The second-order valence-corrected chi connectivity index (χ2v) is 9.89. The molecule has 0 radical (unpaired) electrons. The fraction of sp³-hybridized carbons (Fsp3) is 0.379. The molecule has 1 amide bonds. The lowest BCUT2D eigenvalue weighted by Crippen LogP contribution is -2.36. The lowest BCUT2D eigenvalue weighted by molar-refractivity contribution is -0.129. The number of benzene rings is 2. The van der Waals surface area contributed by atoms with Crippen molar-refractivity contribution in [1.29, 1.82) is 0 Å². The largest absolute Gasteiger partial charge is 0.503 e. The normalized spacial score (nSPS) is 15.9. The Hall–Kier alpha value is -3.78. The van der Waals surface area contributed by atoms with Crippen LogP contribution < -0.4 is 9.47 Å². The Morgan fingerprint density at radius 1 is 1.16 bits per heavy atom. The molecule has 2 heterocycles. The van der Waals surface area contributed by atoms with Gasteiger partial charge in [-0.05, 0) is 56.3 Å². The standard InChI is InChI=1S/C29H34N2O6/c1-18(2)12-15-36-21-10-6-8-19(16-21)25-24(27(33)29(34)31(25)14-13-30(3)4)26(32)23-17-20-9-7-11-22(35-5)28(20)37-23/h6-11,16-18,25,33H,12-15H2,1-5H3. The number of ketones is 1. The molecule has 4 rings (SSSR count). The van der Waals surface area contributed by atoms with Crippen LogP contribution in [-0.4, -0.2) is 67.5 Å². The predicted octanol–water partition coefficient (Wildman–Crippen LogP) is 5.01. The van der Waals surface area contributed by atoms with Crippen LogP contribution >= 0.6 is 0 Å². The van der Waals surface area contributed by atoms with Crippen LogP contribution in [-0.2, 0) is 4.79 Å². The summed E-state index contributed by atoms with van der Waals surface area (Å²) in [5.41, 5.74) is 1.09. The summed E-state index contributed by atoms with van der Waals surface area (Å²) in [6, 6.07) is 13.5. The minimum absolute atomic E-state index is 0.0129. The second-order valence-electron chi connectivity index (χ2n) is 9.89. The van der Waals surface area contributed by atoms with Crippen LogP contribution in [0.15, 0.2) is 64.3 Å². The summed E-state index contributed by atoms with van der Waals surface area (Å²) in [5, 5.41) is 11.6. The summed E-state index contributed by atoms with van der Waals surface area (Å²) in [6.45, 7) is 5.70. The van der Waals surface area contributed by atoms with Gasteiger partial charge in [-0.3, -0.25) is 9.59 Å². The van der Waals surface area contributed by atoms with E-state index in [9.17, 15) is 14.7 Å². The maximum Gasteiger partial charge on any atom is 0.290 e. The van der Waals surface area contributed by atoms with Crippen LogP contribution in [0.1, 0.15) is 42.4 Å². The van der Waals surface area contributed by atoms with E-state index in [4.69, 9.17) is 13.9 Å². The van der Waals surface area contributed by atoms with Crippen LogP contribution in [0.3, 0.4) is 0 Å². The molecule has 37 heavy (non-hydrogen) atoms. The van der Waals surface area contributed by atoms with Gasteiger partial charge in [-0.2, -0.15) is 0 Å². The fourth-order valence-electron chi connectivity index (χ4n) is 4.40. The van der Waals surface area contributed by atoms with E-state index >= 15 is 0 Å². The number of Topliss-reactive ketones (excluding diaryl/α,β-unsaturated/α-hetero) is 1.